The minimum absolute atomic E-state index is 0.183. The smallest absolute Gasteiger partial charge is 0.0471 e. The van der Waals surface area contributed by atoms with E-state index in [1.54, 1.807) is 6.20 Å². The summed E-state index contributed by atoms with van der Waals surface area (Å²) in [5, 5.41) is 8.69. The van der Waals surface area contributed by atoms with Gasteiger partial charge in [-0.25, -0.2) is 0 Å². The number of aryl methyl sites for hydroxylation is 1. The van der Waals surface area contributed by atoms with Gasteiger partial charge in [-0.15, -0.1) is 0 Å². The Hall–Kier alpha value is -0.410. The second kappa shape index (κ2) is 3.83. The third-order valence-corrected chi connectivity index (χ3v) is 2.17. The largest absolute Gasteiger partial charge is 0.396 e. The Kier molecular flexibility index (Phi) is 3.02. The third kappa shape index (κ3) is 2.27. The fraction of sp³-hybridized carbons (Fsp3) is 0.375. The zero-order chi connectivity index (χ0) is 8.27. The van der Waals surface area contributed by atoms with Crippen molar-refractivity contribution in [2.75, 3.05) is 6.61 Å². The molecule has 3 heteroatoms. The average molecular weight is 216 g/mol. The summed E-state index contributed by atoms with van der Waals surface area (Å²) in [5.74, 6) is 0. The fourth-order valence-corrected chi connectivity index (χ4v) is 1.33. The molecule has 2 nitrogen and oxygen atoms in total. The molecule has 1 heterocycles. The van der Waals surface area contributed by atoms with E-state index in [1.165, 1.54) is 0 Å². The van der Waals surface area contributed by atoms with E-state index in [0.29, 0.717) is 6.42 Å². The average Bonchev–Trinajstić information content (AvgIpc) is 1.98. The molecule has 0 spiro atoms. The zero-order valence-electron chi connectivity index (χ0n) is 6.34. The highest BCUT2D eigenvalue weighted by molar-refractivity contribution is 9.10. The number of hydrogen-bond donors (Lipinski definition) is 1. The van der Waals surface area contributed by atoms with E-state index in [4.69, 9.17) is 5.11 Å². The predicted molar refractivity (Wildman–Crippen MR) is 47.5 cm³/mol. The number of halogens is 1. The van der Waals surface area contributed by atoms with Gasteiger partial charge in [-0.05, 0) is 40.9 Å². The maximum Gasteiger partial charge on any atom is 0.0471 e. The van der Waals surface area contributed by atoms with Crippen LogP contribution in [0.15, 0.2) is 16.7 Å². The summed E-state index contributed by atoms with van der Waals surface area (Å²) in [5.41, 5.74) is 2.09. The molecule has 0 saturated carbocycles. The van der Waals surface area contributed by atoms with Crippen molar-refractivity contribution in [1.29, 1.82) is 0 Å². The molecular weight excluding hydrogens is 206 g/mol. The van der Waals surface area contributed by atoms with E-state index in [0.717, 1.165) is 15.7 Å². The van der Waals surface area contributed by atoms with Crippen LogP contribution in [0.3, 0.4) is 0 Å². The van der Waals surface area contributed by atoms with Gasteiger partial charge in [0, 0.05) is 23.0 Å². The van der Waals surface area contributed by atoms with Crippen molar-refractivity contribution in [2.24, 2.45) is 0 Å². The number of aliphatic hydroxyl groups is 1. The molecule has 0 bridgehead atoms. The van der Waals surface area contributed by atoms with Gasteiger partial charge in [0.25, 0.3) is 0 Å². The quantitative estimate of drug-likeness (QED) is 0.815. The normalized spacial score (nSPS) is 10.1. The molecule has 1 aromatic heterocycles. The van der Waals surface area contributed by atoms with E-state index in [9.17, 15) is 0 Å². The van der Waals surface area contributed by atoms with Crippen LogP contribution in [0, 0.1) is 6.92 Å². The number of pyridine rings is 1. The van der Waals surface area contributed by atoms with Gasteiger partial charge >= 0.3 is 0 Å². The summed E-state index contributed by atoms with van der Waals surface area (Å²) >= 11 is 3.36. The maximum atomic E-state index is 8.69. The van der Waals surface area contributed by atoms with E-state index < -0.39 is 0 Å². The minimum Gasteiger partial charge on any atom is -0.396 e. The molecule has 0 aromatic carbocycles. The fourth-order valence-electron chi connectivity index (χ4n) is 0.912. The van der Waals surface area contributed by atoms with Crippen molar-refractivity contribution in [2.45, 2.75) is 13.3 Å². The van der Waals surface area contributed by atoms with Crippen LogP contribution in [-0.4, -0.2) is 16.7 Å². The van der Waals surface area contributed by atoms with Gasteiger partial charge < -0.3 is 5.11 Å². The molecule has 1 N–H and O–H groups in total. The summed E-state index contributed by atoms with van der Waals surface area (Å²) < 4.78 is 0.970. The van der Waals surface area contributed by atoms with Crippen LogP contribution in [0.25, 0.3) is 0 Å². The van der Waals surface area contributed by atoms with Crippen LogP contribution in [0.4, 0.5) is 0 Å². The monoisotopic (exact) mass is 215 g/mol. The number of aliphatic hydroxyl groups excluding tert-OH is 1. The first-order valence-electron chi connectivity index (χ1n) is 3.46. The Morgan fingerprint density at radius 3 is 3.00 bits per heavy atom. The molecule has 0 aliphatic carbocycles. The Labute approximate surface area is 74.4 Å². The number of hydrogen-bond acceptors (Lipinski definition) is 2. The molecule has 0 atom stereocenters. The Morgan fingerprint density at radius 1 is 1.64 bits per heavy atom. The number of rotatable bonds is 2. The first-order chi connectivity index (χ1) is 5.24. The molecule has 0 saturated heterocycles. The lowest BCUT2D eigenvalue weighted by Crippen LogP contribution is -1.94. The molecule has 1 rings (SSSR count). The Balaban J connectivity index is 2.93. The van der Waals surface area contributed by atoms with Gasteiger partial charge in [-0.1, -0.05) is 0 Å². The summed E-state index contributed by atoms with van der Waals surface area (Å²) in [6.07, 6.45) is 2.45. The summed E-state index contributed by atoms with van der Waals surface area (Å²) in [6.45, 7) is 2.12. The van der Waals surface area contributed by atoms with E-state index in [1.807, 2.05) is 13.0 Å². The molecule has 0 fully saturated rings. The van der Waals surface area contributed by atoms with Gasteiger partial charge in [0.2, 0.25) is 0 Å². The van der Waals surface area contributed by atoms with Crippen LogP contribution in [0.5, 0.6) is 0 Å². The van der Waals surface area contributed by atoms with Gasteiger partial charge in [-0.2, -0.15) is 0 Å². The highest BCUT2D eigenvalue weighted by Crippen LogP contribution is 2.16. The second-order valence-electron chi connectivity index (χ2n) is 2.39. The lowest BCUT2D eigenvalue weighted by Gasteiger charge is -2.01. The van der Waals surface area contributed by atoms with E-state index in [-0.39, 0.29) is 6.61 Å². The minimum atomic E-state index is 0.183. The van der Waals surface area contributed by atoms with Gasteiger partial charge in [0.15, 0.2) is 0 Å². The summed E-state index contributed by atoms with van der Waals surface area (Å²) in [4.78, 5) is 4.09. The van der Waals surface area contributed by atoms with Crippen molar-refractivity contribution in [3.8, 4) is 0 Å². The van der Waals surface area contributed by atoms with E-state index in [2.05, 4.69) is 20.9 Å². The Bertz CT molecular complexity index is 250. The lowest BCUT2D eigenvalue weighted by molar-refractivity contribution is 0.299. The van der Waals surface area contributed by atoms with Crippen molar-refractivity contribution in [3.05, 3.63) is 28.0 Å². The number of aromatic nitrogens is 1. The Morgan fingerprint density at radius 2 is 2.36 bits per heavy atom. The highest BCUT2D eigenvalue weighted by Gasteiger charge is 1.98. The molecule has 0 aliphatic heterocycles. The van der Waals surface area contributed by atoms with Gasteiger partial charge in [0.05, 0.1) is 0 Å². The first kappa shape index (κ1) is 8.68. The van der Waals surface area contributed by atoms with Gasteiger partial charge in [0.1, 0.15) is 0 Å². The standard InChI is InChI=1S/C8H10BrNO/c1-6-4-7(2-3-11)8(9)5-10-6/h4-5,11H,2-3H2,1H3. The van der Waals surface area contributed by atoms with Crippen molar-refractivity contribution < 1.29 is 5.11 Å². The molecule has 60 valence electrons. The van der Waals surface area contributed by atoms with Crippen LogP contribution in [0.2, 0.25) is 0 Å². The molecule has 0 radical (unpaired) electrons. The third-order valence-electron chi connectivity index (χ3n) is 1.45. The van der Waals surface area contributed by atoms with Crippen LogP contribution in [-0.2, 0) is 6.42 Å². The van der Waals surface area contributed by atoms with Crippen molar-refractivity contribution in [1.82, 2.24) is 4.98 Å². The van der Waals surface area contributed by atoms with E-state index >= 15 is 0 Å². The predicted octanol–water partition coefficient (Wildman–Crippen LogP) is 1.69. The van der Waals surface area contributed by atoms with Crippen molar-refractivity contribution in [3.63, 3.8) is 0 Å². The topological polar surface area (TPSA) is 33.1 Å². The van der Waals surface area contributed by atoms with Crippen LogP contribution >= 0.6 is 15.9 Å². The molecule has 1 aromatic rings. The molecular formula is C8H10BrNO. The highest BCUT2D eigenvalue weighted by atomic mass is 79.9. The molecule has 11 heavy (non-hydrogen) atoms. The SMILES string of the molecule is Cc1cc(CCO)c(Br)cn1. The van der Waals surface area contributed by atoms with Gasteiger partial charge in [-0.3, -0.25) is 4.98 Å². The number of nitrogens with zero attached hydrogens (tertiary/aromatic N) is 1. The summed E-state index contributed by atoms with van der Waals surface area (Å²) in [7, 11) is 0. The second-order valence-corrected chi connectivity index (χ2v) is 3.25. The zero-order valence-corrected chi connectivity index (χ0v) is 7.93. The van der Waals surface area contributed by atoms with Crippen LogP contribution < -0.4 is 0 Å². The summed E-state index contributed by atoms with van der Waals surface area (Å²) in [6, 6.07) is 1.97. The first-order valence-corrected chi connectivity index (χ1v) is 4.25. The molecule has 0 amide bonds. The maximum absolute atomic E-state index is 8.69. The molecule has 0 unspecified atom stereocenters. The molecule has 0 aliphatic rings. The lowest BCUT2D eigenvalue weighted by atomic mass is 10.2. The van der Waals surface area contributed by atoms with Crippen molar-refractivity contribution >= 4 is 15.9 Å². The van der Waals surface area contributed by atoms with Crippen LogP contribution in [0.1, 0.15) is 11.3 Å².